The Hall–Kier alpha value is -2.01. The molecule has 2 aromatic rings. The van der Waals surface area contributed by atoms with E-state index in [9.17, 15) is 0 Å². The van der Waals surface area contributed by atoms with Gasteiger partial charge in [0, 0.05) is 36.3 Å². The van der Waals surface area contributed by atoms with Gasteiger partial charge in [0.15, 0.2) is 11.5 Å². The summed E-state index contributed by atoms with van der Waals surface area (Å²) in [6, 6.07) is 6.04. The van der Waals surface area contributed by atoms with Gasteiger partial charge in [0.2, 0.25) is 0 Å². The maximum Gasteiger partial charge on any atom is 0.161 e. The van der Waals surface area contributed by atoms with E-state index in [4.69, 9.17) is 9.47 Å². The summed E-state index contributed by atoms with van der Waals surface area (Å²) in [6.07, 6.45) is 1.11. The molecule has 0 aliphatic carbocycles. The van der Waals surface area contributed by atoms with Crippen LogP contribution in [-0.2, 0) is 13.0 Å². The smallest absolute Gasteiger partial charge is 0.161 e. The maximum atomic E-state index is 5.82. The molecule has 0 atom stereocenters. The quantitative estimate of drug-likeness (QED) is 0.891. The largest absolute Gasteiger partial charge is 0.490 e. The van der Waals surface area contributed by atoms with Crippen LogP contribution >= 0.6 is 0 Å². The summed E-state index contributed by atoms with van der Waals surface area (Å²) in [7, 11) is 0. The van der Waals surface area contributed by atoms with Gasteiger partial charge in [-0.25, -0.2) is 0 Å². The number of H-pyrrole nitrogens is 1. The van der Waals surface area contributed by atoms with E-state index in [0.717, 1.165) is 42.3 Å². The van der Waals surface area contributed by atoms with Crippen molar-refractivity contribution in [3.05, 3.63) is 29.5 Å². The molecule has 1 aromatic carbocycles. The van der Waals surface area contributed by atoms with Crippen molar-refractivity contribution in [3.63, 3.8) is 0 Å². The highest BCUT2D eigenvalue weighted by Crippen LogP contribution is 2.35. The zero-order valence-electron chi connectivity index (χ0n) is 13.4. The lowest BCUT2D eigenvalue weighted by molar-refractivity contribution is 0.224. The van der Waals surface area contributed by atoms with Gasteiger partial charge in [-0.05, 0) is 39.0 Å². The van der Waals surface area contributed by atoms with Crippen LogP contribution in [0.4, 0.5) is 0 Å². The number of aromatic nitrogens is 2. The predicted octanol–water partition coefficient (Wildman–Crippen LogP) is 2.91. The van der Waals surface area contributed by atoms with Crippen LogP contribution in [0.15, 0.2) is 18.2 Å². The Morgan fingerprint density at radius 2 is 2.14 bits per heavy atom. The minimum Gasteiger partial charge on any atom is -0.490 e. The van der Waals surface area contributed by atoms with Crippen LogP contribution in [0.2, 0.25) is 0 Å². The summed E-state index contributed by atoms with van der Waals surface area (Å²) in [4.78, 5) is 0. The van der Waals surface area contributed by atoms with Crippen molar-refractivity contribution in [3.8, 4) is 22.8 Å². The van der Waals surface area contributed by atoms with Crippen molar-refractivity contribution in [1.82, 2.24) is 15.5 Å². The van der Waals surface area contributed by atoms with Crippen molar-refractivity contribution in [2.24, 2.45) is 0 Å². The summed E-state index contributed by atoms with van der Waals surface area (Å²) in [5.41, 5.74) is 4.54. The van der Waals surface area contributed by atoms with E-state index in [1.165, 1.54) is 11.3 Å². The fourth-order valence-electron chi connectivity index (χ4n) is 2.74. The van der Waals surface area contributed by atoms with Crippen LogP contribution in [-0.4, -0.2) is 29.5 Å². The van der Waals surface area contributed by atoms with Gasteiger partial charge in [0.05, 0.1) is 18.4 Å². The van der Waals surface area contributed by atoms with E-state index in [-0.39, 0.29) is 6.10 Å². The first-order valence-electron chi connectivity index (χ1n) is 7.89. The van der Waals surface area contributed by atoms with E-state index < -0.39 is 0 Å². The molecule has 0 saturated heterocycles. The highest BCUT2D eigenvalue weighted by molar-refractivity contribution is 5.68. The van der Waals surface area contributed by atoms with E-state index in [1.54, 1.807) is 0 Å². The topological polar surface area (TPSA) is 59.2 Å². The number of nitrogens with zero attached hydrogens (tertiary/aromatic N) is 1. The van der Waals surface area contributed by atoms with Crippen LogP contribution in [0.1, 0.15) is 32.0 Å². The first-order chi connectivity index (χ1) is 10.7. The Kier molecular flexibility index (Phi) is 4.34. The van der Waals surface area contributed by atoms with Crippen LogP contribution < -0.4 is 14.8 Å². The van der Waals surface area contributed by atoms with Crippen molar-refractivity contribution in [2.75, 3.05) is 13.2 Å². The molecule has 0 spiro atoms. The predicted molar refractivity (Wildman–Crippen MR) is 86.4 cm³/mol. The van der Waals surface area contributed by atoms with Gasteiger partial charge in [-0.1, -0.05) is 0 Å². The molecular formula is C17H23N3O2. The lowest BCUT2D eigenvalue weighted by Gasteiger charge is -2.16. The molecule has 5 nitrogen and oxygen atoms in total. The summed E-state index contributed by atoms with van der Waals surface area (Å²) in [6.45, 7) is 8.47. The Morgan fingerprint density at radius 3 is 2.91 bits per heavy atom. The first kappa shape index (κ1) is 14.9. The monoisotopic (exact) mass is 301 g/mol. The van der Waals surface area contributed by atoms with Gasteiger partial charge in [-0.3, -0.25) is 5.10 Å². The van der Waals surface area contributed by atoms with Gasteiger partial charge in [0.25, 0.3) is 0 Å². The third-order valence-electron chi connectivity index (χ3n) is 3.69. The third-order valence-corrected chi connectivity index (χ3v) is 3.69. The van der Waals surface area contributed by atoms with E-state index in [2.05, 4.69) is 15.5 Å². The molecule has 5 heteroatoms. The Bertz CT molecular complexity index is 649. The van der Waals surface area contributed by atoms with E-state index in [0.29, 0.717) is 6.61 Å². The molecule has 22 heavy (non-hydrogen) atoms. The average Bonchev–Trinajstić information content (AvgIpc) is 2.93. The van der Waals surface area contributed by atoms with Gasteiger partial charge in [-0.15, -0.1) is 0 Å². The van der Waals surface area contributed by atoms with Gasteiger partial charge >= 0.3 is 0 Å². The molecule has 2 heterocycles. The average molecular weight is 301 g/mol. The normalized spacial score (nSPS) is 14.0. The zero-order valence-corrected chi connectivity index (χ0v) is 13.4. The molecule has 2 N–H and O–H groups in total. The molecule has 0 unspecified atom stereocenters. The van der Waals surface area contributed by atoms with Crippen molar-refractivity contribution in [2.45, 2.75) is 39.8 Å². The summed E-state index contributed by atoms with van der Waals surface area (Å²) >= 11 is 0. The molecule has 0 fully saturated rings. The molecular weight excluding hydrogens is 278 g/mol. The van der Waals surface area contributed by atoms with Gasteiger partial charge in [0.1, 0.15) is 0 Å². The fourth-order valence-corrected chi connectivity index (χ4v) is 2.74. The highest BCUT2D eigenvalue weighted by Gasteiger charge is 2.19. The molecule has 118 valence electrons. The Balaban J connectivity index is 1.97. The van der Waals surface area contributed by atoms with Crippen LogP contribution in [0.3, 0.4) is 0 Å². The third kappa shape index (κ3) is 2.95. The molecule has 1 aliphatic rings. The minimum atomic E-state index is 0.118. The summed E-state index contributed by atoms with van der Waals surface area (Å²) in [5, 5.41) is 11.1. The van der Waals surface area contributed by atoms with Crippen LogP contribution in [0, 0.1) is 0 Å². The number of benzene rings is 1. The first-order valence-corrected chi connectivity index (χ1v) is 7.89. The van der Waals surface area contributed by atoms with E-state index >= 15 is 0 Å². The number of hydrogen-bond donors (Lipinski definition) is 2. The molecule has 0 saturated carbocycles. The minimum absolute atomic E-state index is 0.118. The number of rotatable bonds is 5. The standard InChI is InChI=1S/C17H23N3O2/c1-4-21-16-9-12(5-6-15(16)22-11(2)3)17-13-10-18-8-7-14(13)19-20-17/h5-6,9,11,18H,4,7-8,10H2,1-3H3,(H,19,20). The van der Waals surface area contributed by atoms with Gasteiger partial charge < -0.3 is 14.8 Å². The van der Waals surface area contributed by atoms with Crippen molar-refractivity contribution < 1.29 is 9.47 Å². The second-order valence-corrected chi connectivity index (χ2v) is 5.72. The second kappa shape index (κ2) is 6.40. The Labute approximate surface area is 131 Å². The highest BCUT2D eigenvalue weighted by atomic mass is 16.5. The second-order valence-electron chi connectivity index (χ2n) is 5.72. The molecule has 3 rings (SSSR count). The molecule has 1 aromatic heterocycles. The summed E-state index contributed by atoms with van der Waals surface area (Å²) in [5.74, 6) is 1.55. The van der Waals surface area contributed by atoms with Crippen LogP contribution in [0.25, 0.3) is 11.3 Å². The zero-order chi connectivity index (χ0) is 15.5. The molecule has 0 bridgehead atoms. The number of hydrogen-bond acceptors (Lipinski definition) is 4. The summed E-state index contributed by atoms with van der Waals surface area (Å²) < 4.78 is 11.6. The van der Waals surface area contributed by atoms with Crippen LogP contribution in [0.5, 0.6) is 11.5 Å². The lowest BCUT2D eigenvalue weighted by atomic mass is 10.0. The number of fused-ring (bicyclic) bond motifs is 1. The van der Waals surface area contributed by atoms with Crippen molar-refractivity contribution in [1.29, 1.82) is 0 Å². The van der Waals surface area contributed by atoms with Gasteiger partial charge in [-0.2, -0.15) is 5.10 Å². The van der Waals surface area contributed by atoms with Crippen molar-refractivity contribution >= 4 is 0 Å². The fraction of sp³-hybridized carbons (Fsp3) is 0.471. The molecule has 1 aliphatic heterocycles. The van der Waals surface area contributed by atoms with E-state index in [1.807, 2.05) is 39.0 Å². The number of nitrogens with one attached hydrogen (secondary N) is 2. The number of aromatic amines is 1. The Morgan fingerprint density at radius 1 is 1.27 bits per heavy atom. The molecule has 0 amide bonds. The SMILES string of the molecule is CCOc1cc(-c2n[nH]c3c2CNCC3)ccc1OC(C)C. The maximum absolute atomic E-state index is 5.82. The lowest BCUT2D eigenvalue weighted by Crippen LogP contribution is -2.23. The molecule has 0 radical (unpaired) electrons. The number of ether oxygens (including phenoxy) is 2.